The molecule has 0 aromatic carbocycles. The van der Waals surface area contributed by atoms with Crippen LogP contribution in [0.1, 0.15) is 27.7 Å². The lowest BCUT2D eigenvalue weighted by Gasteiger charge is -2.32. The summed E-state index contributed by atoms with van der Waals surface area (Å²) in [6.45, 7) is 9.53. The number of likely N-dealkylation sites (N-methyl/N-ethyl adjacent to an activating group) is 1. The zero-order valence-corrected chi connectivity index (χ0v) is 13.8. The van der Waals surface area contributed by atoms with Crippen LogP contribution in [0.5, 0.6) is 0 Å². The molecule has 0 spiro atoms. The van der Waals surface area contributed by atoms with E-state index in [1.807, 2.05) is 54.1 Å². The maximum atomic E-state index is 12.2. The second kappa shape index (κ2) is 5.59. The molecule has 116 valence electrons. The third kappa shape index (κ3) is 3.39. The summed E-state index contributed by atoms with van der Waals surface area (Å²) in [6.07, 6.45) is 1.81. The Labute approximate surface area is 127 Å². The summed E-state index contributed by atoms with van der Waals surface area (Å²) in [7, 11) is 3.50. The van der Waals surface area contributed by atoms with Gasteiger partial charge in [0.15, 0.2) is 0 Å². The van der Waals surface area contributed by atoms with Crippen LogP contribution in [0.3, 0.4) is 0 Å². The molecule has 1 aliphatic rings. The highest BCUT2D eigenvalue weighted by atomic mass is 16.7. The van der Waals surface area contributed by atoms with Crippen LogP contribution in [0.15, 0.2) is 23.1 Å². The molecule has 0 N–H and O–H groups in total. The van der Waals surface area contributed by atoms with Crippen molar-refractivity contribution in [3.63, 3.8) is 0 Å². The van der Waals surface area contributed by atoms with E-state index in [0.717, 1.165) is 12.0 Å². The first-order chi connectivity index (χ1) is 9.62. The maximum Gasteiger partial charge on any atom is 0.495 e. The predicted octanol–water partition coefficient (Wildman–Crippen LogP) is 0.709. The summed E-state index contributed by atoms with van der Waals surface area (Å²) in [6, 6.07) is 3.51. The fraction of sp³-hybridized carbons (Fsp3) is 0.667. The lowest BCUT2D eigenvalue weighted by molar-refractivity contribution is 0.00578. The van der Waals surface area contributed by atoms with Gasteiger partial charge in [0.25, 0.3) is 0 Å². The maximum absolute atomic E-state index is 12.2. The Morgan fingerprint density at radius 1 is 1.19 bits per heavy atom. The van der Waals surface area contributed by atoms with E-state index in [1.54, 1.807) is 10.6 Å². The number of hydrogen-bond acceptors (Lipinski definition) is 4. The third-order valence-electron chi connectivity index (χ3n) is 4.33. The Morgan fingerprint density at radius 3 is 2.24 bits per heavy atom. The summed E-state index contributed by atoms with van der Waals surface area (Å²) in [5, 5.41) is 0. The van der Waals surface area contributed by atoms with Crippen LogP contribution in [0, 0.1) is 0 Å². The first-order valence-corrected chi connectivity index (χ1v) is 7.33. The molecule has 1 fully saturated rings. The van der Waals surface area contributed by atoms with Crippen LogP contribution in [-0.2, 0) is 15.9 Å². The lowest BCUT2D eigenvalue weighted by Crippen LogP contribution is -2.41. The van der Waals surface area contributed by atoms with Crippen LogP contribution < -0.4 is 11.0 Å². The number of aromatic nitrogens is 1. The van der Waals surface area contributed by atoms with Crippen molar-refractivity contribution < 1.29 is 9.31 Å². The molecule has 0 atom stereocenters. The highest BCUT2D eigenvalue weighted by molar-refractivity contribution is 6.62. The van der Waals surface area contributed by atoms with Crippen LogP contribution in [0.25, 0.3) is 0 Å². The van der Waals surface area contributed by atoms with Crippen molar-refractivity contribution in [1.82, 2.24) is 9.47 Å². The molecule has 0 amide bonds. The van der Waals surface area contributed by atoms with Gasteiger partial charge in [0.2, 0.25) is 5.56 Å². The monoisotopic (exact) mass is 292 g/mol. The smallest absolute Gasteiger partial charge is 0.399 e. The summed E-state index contributed by atoms with van der Waals surface area (Å²) in [5.41, 5.74) is -0.0293. The van der Waals surface area contributed by atoms with Crippen LogP contribution >= 0.6 is 0 Å². The van der Waals surface area contributed by atoms with Gasteiger partial charge in [0.1, 0.15) is 0 Å². The molecule has 2 heterocycles. The van der Waals surface area contributed by atoms with E-state index < -0.39 is 18.3 Å². The Morgan fingerprint density at radius 2 is 1.76 bits per heavy atom. The van der Waals surface area contributed by atoms with Crippen molar-refractivity contribution in [2.75, 3.05) is 20.6 Å². The summed E-state index contributed by atoms with van der Waals surface area (Å²) < 4.78 is 13.6. The topological polar surface area (TPSA) is 43.7 Å². The van der Waals surface area contributed by atoms with Crippen molar-refractivity contribution in [3.8, 4) is 0 Å². The third-order valence-corrected chi connectivity index (χ3v) is 4.33. The summed E-state index contributed by atoms with van der Waals surface area (Å²) in [4.78, 5) is 14.2. The molecule has 1 aromatic heterocycles. The number of pyridine rings is 1. The van der Waals surface area contributed by atoms with Gasteiger partial charge in [0, 0.05) is 25.4 Å². The van der Waals surface area contributed by atoms with Crippen molar-refractivity contribution in [1.29, 1.82) is 0 Å². The molecule has 2 rings (SSSR count). The summed E-state index contributed by atoms with van der Waals surface area (Å²) in [5.74, 6) is 0. The second-order valence-corrected chi connectivity index (χ2v) is 6.88. The van der Waals surface area contributed by atoms with Gasteiger partial charge in [-0.1, -0.05) is 0 Å². The minimum atomic E-state index is -0.480. The van der Waals surface area contributed by atoms with Crippen LogP contribution in [-0.4, -0.2) is 48.4 Å². The van der Waals surface area contributed by atoms with E-state index in [1.165, 1.54) is 0 Å². The van der Waals surface area contributed by atoms with Crippen LogP contribution in [0.2, 0.25) is 0 Å². The molecule has 0 aliphatic carbocycles. The van der Waals surface area contributed by atoms with Gasteiger partial charge >= 0.3 is 7.12 Å². The van der Waals surface area contributed by atoms with E-state index in [4.69, 9.17) is 9.31 Å². The van der Waals surface area contributed by atoms with E-state index in [-0.39, 0.29) is 5.56 Å². The molecule has 0 saturated carbocycles. The first kappa shape index (κ1) is 16.3. The van der Waals surface area contributed by atoms with Crippen molar-refractivity contribution >= 4 is 12.6 Å². The predicted molar refractivity (Wildman–Crippen MR) is 85.0 cm³/mol. The average molecular weight is 292 g/mol. The molecule has 1 saturated heterocycles. The van der Waals surface area contributed by atoms with Crippen LogP contribution in [0.4, 0.5) is 0 Å². The van der Waals surface area contributed by atoms with Crippen molar-refractivity contribution in [2.24, 2.45) is 0 Å². The molecule has 0 unspecified atom stereocenters. The number of nitrogens with zero attached hydrogens (tertiary/aromatic N) is 2. The number of hydrogen-bond donors (Lipinski definition) is 0. The molecular formula is C15H25BN2O3. The second-order valence-electron chi connectivity index (χ2n) is 6.88. The summed E-state index contributed by atoms with van der Waals surface area (Å²) >= 11 is 0. The van der Waals surface area contributed by atoms with Gasteiger partial charge in [-0.2, -0.15) is 0 Å². The normalized spacial score (nSPS) is 20.2. The zero-order chi connectivity index (χ0) is 15.8. The Hall–Kier alpha value is -1.11. The Kier molecular flexibility index (Phi) is 4.33. The van der Waals surface area contributed by atoms with E-state index >= 15 is 0 Å². The molecule has 5 nitrogen and oxygen atoms in total. The Balaban J connectivity index is 2.17. The van der Waals surface area contributed by atoms with Gasteiger partial charge in [0.05, 0.1) is 11.2 Å². The van der Waals surface area contributed by atoms with Gasteiger partial charge in [-0.3, -0.25) is 4.79 Å². The van der Waals surface area contributed by atoms with Gasteiger partial charge in [-0.15, -0.1) is 0 Å². The standard InChI is InChI=1S/C15H25BN2O3/c1-14(2)15(3,4)21-16(20-14)12-7-8-18(13(19)11-12)10-9-17(5)6/h7-8,11H,9-10H2,1-6H3. The Bertz CT molecular complexity index is 550. The highest BCUT2D eigenvalue weighted by Gasteiger charge is 2.51. The minimum absolute atomic E-state index is 0.0240. The molecular weight excluding hydrogens is 267 g/mol. The van der Waals surface area contributed by atoms with E-state index in [0.29, 0.717) is 6.54 Å². The molecule has 6 heteroatoms. The van der Waals surface area contributed by atoms with E-state index in [9.17, 15) is 4.79 Å². The molecule has 1 aliphatic heterocycles. The van der Waals surface area contributed by atoms with Gasteiger partial charge in [-0.25, -0.2) is 0 Å². The zero-order valence-electron chi connectivity index (χ0n) is 13.8. The minimum Gasteiger partial charge on any atom is -0.399 e. The average Bonchev–Trinajstić information content (AvgIpc) is 2.56. The number of rotatable bonds is 4. The van der Waals surface area contributed by atoms with Gasteiger partial charge < -0.3 is 18.8 Å². The quantitative estimate of drug-likeness (QED) is 0.767. The fourth-order valence-corrected chi connectivity index (χ4v) is 2.14. The largest absolute Gasteiger partial charge is 0.495 e. The molecule has 21 heavy (non-hydrogen) atoms. The molecule has 1 aromatic rings. The highest BCUT2D eigenvalue weighted by Crippen LogP contribution is 2.36. The SMILES string of the molecule is CN(C)CCn1ccc(B2OC(C)(C)C(C)(C)O2)cc1=O. The fourth-order valence-electron chi connectivity index (χ4n) is 2.14. The lowest BCUT2D eigenvalue weighted by atomic mass is 9.80. The van der Waals surface area contributed by atoms with E-state index in [2.05, 4.69) is 4.90 Å². The molecule has 0 bridgehead atoms. The van der Waals surface area contributed by atoms with Crippen molar-refractivity contribution in [3.05, 3.63) is 28.7 Å². The van der Waals surface area contributed by atoms with Crippen molar-refractivity contribution in [2.45, 2.75) is 45.4 Å². The first-order valence-electron chi connectivity index (χ1n) is 7.33. The molecule has 0 radical (unpaired) electrons. The van der Waals surface area contributed by atoms with Gasteiger partial charge in [-0.05, 0) is 53.3 Å².